The van der Waals surface area contributed by atoms with Crippen molar-refractivity contribution in [1.29, 1.82) is 0 Å². The van der Waals surface area contributed by atoms with Crippen LogP contribution in [-0.2, 0) is 49.4 Å². The van der Waals surface area contributed by atoms with Gasteiger partial charge in [0.25, 0.3) is 0 Å². The zero-order valence-corrected chi connectivity index (χ0v) is 19.9. The molecule has 3 heterocycles. The average Bonchev–Trinajstić information content (AvgIpc) is 3.23. The lowest BCUT2D eigenvalue weighted by atomic mass is 9.97. The standard InChI is InChI=1S/C23H28N3O9/c1-14(27)31-12-19-20(32-15(2)28)21(33-16(3)29)22(34-17(4)30)23(35-19)26-10-9-25(13-26)11-18-7-5-6-8-24-18/h5-10,13,19-23H,11-12H2,1-4H3/q+1/t19-,20-,21+,22-,23-/m1/s1. The Morgan fingerprint density at radius 2 is 1.60 bits per heavy atom. The summed E-state index contributed by atoms with van der Waals surface area (Å²) in [6.45, 7) is 4.94. The lowest BCUT2D eigenvalue weighted by Crippen LogP contribution is -2.60. The van der Waals surface area contributed by atoms with Gasteiger partial charge in [0.15, 0.2) is 12.2 Å². The monoisotopic (exact) mass is 490 g/mol. The van der Waals surface area contributed by atoms with Crippen LogP contribution in [-0.4, -0.2) is 64.5 Å². The van der Waals surface area contributed by atoms with E-state index in [2.05, 4.69) is 4.98 Å². The largest absolute Gasteiger partial charge is 0.463 e. The second-order valence-electron chi connectivity index (χ2n) is 7.94. The van der Waals surface area contributed by atoms with Crippen molar-refractivity contribution in [2.75, 3.05) is 6.61 Å². The second kappa shape index (κ2) is 11.6. The Morgan fingerprint density at radius 3 is 2.20 bits per heavy atom. The van der Waals surface area contributed by atoms with Crippen LogP contribution in [0.3, 0.4) is 0 Å². The third-order valence-electron chi connectivity index (χ3n) is 5.04. The van der Waals surface area contributed by atoms with Gasteiger partial charge in [-0.3, -0.25) is 24.2 Å². The van der Waals surface area contributed by atoms with Gasteiger partial charge in [0.1, 0.15) is 31.6 Å². The highest BCUT2D eigenvalue weighted by molar-refractivity contribution is 5.68. The van der Waals surface area contributed by atoms with E-state index in [0.29, 0.717) is 6.54 Å². The molecule has 0 amide bonds. The molecule has 2 aromatic rings. The minimum atomic E-state index is -1.23. The Balaban J connectivity index is 1.98. The highest BCUT2D eigenvalue weighted by Gasteiger charge is 2.54. The maximum atomic E-state index is 12.0. The molecule has 35 heavy (non-hydrogen) atoms. The average molecular weight is 490 g/mol. The number of nitrogens with zero attached hydrogens (tertiary/aromatic N) is 3. The molecule has 0 radical (unpaired) electrons. The molecule has 2 aromatic heterocycles. The lowest BCUT2D eigenvalue weighted by Gasteiger charge is -2.42. The fourth-order valence-electron chi connectivity index (χ4n) is 3.78. The first-order valence-corrected chi connectivity index (χ1v) is 10.9. The van der Waals surface area contributed by atoms with E-state index in [0.717, 1.165) is 5.69 Å². The van der Waals surface area contributed by atoms with Crippen LogP contribution < -0.4 is 4.57 Å². The highest BCUT2D eigenvalue weighted by atomic mass is 16.7. The van der Waals surface area contributed by atoms with Gasteiger partial charge >= 0.3 is 23.9 Å². The fraction of sp³-hybridized carbons (Fsp3) is 0.478. The molecule has 1 fully saturated rings. The van der Waals surface area contributed by atoms with Crippen molar-refractivity contribution in [3.63, 3.8) is 0 Å². The molecule has 0 spiro atoms. The molecule has 3 rings (SSSR count). The van der Waals surface area contributed by atoms with E-state index in [1.165, 1.54) is 27.7 Å². The zero-order chi connectivity index (χ0) is 25.5. The third-order valence-corrected chi connectivity index (χ3v) is 5.04. The summed E-state index contributed by atoms with van der Waals surface area (Å²) in [5.41, 5.74) is 0.816. The Morgan fingerprint density at radius 1 is 0.943 bits per heavy atom. The number of imidazole rings is 1. The molecule has 188 valence electrons. The van der Waals surface area contributed by atoms with E-state index in [9.17, 15) is 19.2 Å². The molecular formula is C23H28N3O9+. The van der Waals surface area contributed by atoms with Gasteiger partial charge < -0.3 is 23.7 Å². The smallest absolute Gasteiger partial charge is 0.303 e. The number of carbonyl (C=O) groups excluding carboxylic acids is 4. The summed E-state index contributed by atoms with van der Waals surface area (Å²) >= 11 is 0. The minimum absolute atomic E-state index is 0.288. The molecule has 0 bridgehead atoms. The predicted octanol–water partition coefficient (Wildman–Crippen LogP) is 0.475. The number of pyridine rings is 1. The summed E-state index contributed by atoms with van der Waals surface area (Å²) in [6, 6.07) is 5.56. The number of aromatic nitrogens is 3. The fourth-order valence-corrected chi connectivity index (χ4v) is 3.78. The second-order valence-corrected chi connectivity index (χ2v) is 7.94. The van der Waals surface area contributed by atoms with Crippen LogP contribution in [0.25, 0.3) is 0 Å². The maximum absolute atomic E-state index is 12.0. The maximum Gasteiger partial charge on any atom is 0.303 e. The molecule has 1 saturated heterocycles. The SMILES string of the molecule is CC(=O)OC[C@H]1O[C@@H](n2cc[n+](Cc3ccccn3)c2)[C@H](OC(C)=O)[C@@H](OC(C)=O)[C@@H]1OC(C)=O. The molecule has 12 heteroatoms. The molecule has 0 saturated carbocycles. The Labute approximate surface area is 201 Å². The van der Waals surface area contributed by atoms with Crippen LogP contribution in [0.4, 0.5) is 0 Å². The van der Waals surface area contributed by atoms with Crippen molar-refractivity contribution >= 4 is 23.9 Å². The van der Waals surface area contributed by atoms with Crippen molar-refractivity contribution in [3.05, 3.63) is 48.8 Å². The lowest BCUT2D eigenvalue weighted by molar-refractivity contribution is -0.688. The van der Waals surface area contributed by atoms with E-state index < -0.39 is 54.5 Å². The van der Waals surface area contributed by atoms with Crippen molar-refractivity contribution in [2.45, 2.75) is 64.9 Å². The molecule has 0 aromatic carbocycles. The van der Waals surface area contributed by atoms with Gasteiger partial charge in [0, 0.05) is 33.9 Å². The molecule has 0 aliphatic carbocycles. The molecule has 0 unspecified atom stereocenters. The Kier molecular flexibility index (Phi) is 8.53. The summed E-state index contributed by atoms with van der Waals surface area (Å²) in [5.74, 6) is -2.60. The molecule has 1 aliphatic rings. The van der Waals surface area contributed by atoms with Crippen molar-refractivity contribution in [1.82, 2.24) is 9.55 Å². The number of hydrogen-bond donors (Lipinski definition) is 0. The van der Waals surface area contributed by atoms with Crippen molar-refractivity contribution in [3.8, 4) is 0 Å². The van der Waals surface area contributed by atoms with Crippen LogP contribution in [0.2, 0.25) is 0 Å². The van der Waals surface area contributed by atoms with E-state index in [-0.39, 0.29) is 6.61 Å². The summed E-state index contributed by atoms with van der Waals surface area (Å²) in [4.78, 5) is 51.5. The Bertz CT molecular complexity index is 1060. The predicted molar refractivity (Wildman–Crippen MR) is 115 cm³/mol. The quantitative estimate of drug-likeness (QED) is 0.292. The number of rotatable bonds is 8. The van der Waals surface area contributed by atoms with Gasteiger partial charge in [-0.25, -0.2) is 9.13 Å². The highest BCUT2D eigenvalue weighted by Crippen LogP contribution is 2.34. The van der Waals surface area contributed by atoms with Crippen LogP contribution in [0.5, 0.6) is 0 Å². The normalized spacial score (nSPS) is 23.7. The first-order valence-electron chi connectivity index (χ1n) is 10.9. The molecule has 0 N–H and O–H groups in total. The van der Waals surface area contributed by atoms with Gasteiger partial charge in [-0.2, -0.15) is 0 Å². The van der Waals surface area contributed by atoms with Crippen LogP contribution in [0.1, 0.15) is 39.6 Å². The number of hydrogen-bond acceptors (Lipinski definition) is 10. The van der Waals surface area contributed by atoms with Crippen molar-refractivity contribution < 1.29 is 47.4 Å². The Hall–Kier alpha value is -3.80. The van der Waals surface area contributed by atoms with Crippen LogP contribution in [0.15, 0.2) is 43.1 Å². The number of esters is 4. The summed E-state index contributed by atoms with van der Waals surface area (Å²) in [6.07, 6.45) is 1.22. The van der Waals surface area contributed by atoms with Crippen LogP contribution in [0, 0.1) is 0 Å². The van der Waals surface area contributed by atoms with Crippen molar-refractivity contribution in [2.24, 2.45) is 0 Å². The molecule has 12 nitrogen and oxygen atoms in total. The summed E-state index contributed by atoms with van der Waals surface area (Å²) in [7, 11) is 0. The zero-order valence-electron chi connectivity index (χ0n) is 19.9. The minimum Gasteiger partial charge on any atom is -0.463 e. The summed E-state index contributed by atoms with van der Waals surface area (Å²) < 4.78 is 31.0. The van der Waals surface area contributed by atoms with Gasteiger partial charge in [-0.15, -0.1) is 0 Å². The van der Waals surface area contributed by atoms with E-state index >= 15 is 0 Å². The van der Waals surface area contributed by atoms with Gasteiger partial charge in [-0.1, -0.05) is 6.07 Å². The van der Waals surface area contributed by atoms with Gasteiger partial charge in [0.05, 0.1) is 5.69 Å². The molecule has 1 aliphatic heterocycles. The molecular weight excluding hydrogens is 462 g/mol. The summed E-state index contributed by atoms with van der Waals surface area (Å²) in [5, 5.41) is 0. The number of carbonyl (C=O) groups is 4. The van der Waals surface area contributed by atoms with E-state index in [1.807, 2.05) is 22.8 Å². The number of ether oxygens (including phenoxy) is 5. The van der Waals surface area contributed by atoms with Gasteiger partial charge in [0.2, 0.25) is 18.7 Å². The first-order chi connectivity index (χ1) is 16.6. The topological polar surface area (TPSA) is 136 Å². The third kappa shape index (κ3) is 7.09. The first kappa shape index (κ1) is 25.8. The van der Waals surface area contributed by atoms with Gasteiger partial charge in [-0.05, 0) is 12.1 Å². The van der Waals surface area contributed by atoms with E-state index in [1.54, 1.807) is 29.5 Å². The van der Waals surface area contributed by atoms with Crippen LogP contribution >= 0.6 is 0 Å². The van der Waals surface area contributed by atoms with E-state index in [4.69, 9.17) is 23.7 Å². The molecule has 5 atom stereocenters.